The van der Waals surface area contributed by atoms with Crippen LogP contribution in [0, 0.1) is 6.92 Å². The van der Waals surface area contributed by atoms with Gasteiger partial charge in [-0.25, -0.2) is 13.1 Å². The molecule has 2 N–H and O–H groups in total. The fourth-order valence-corrected chi connectivity index (χ4v) is 4.00. The Balaban J connectivity index is 2.27. The van der Waals surface area contributed by atoms with Crippen LogP contribution in [0.25, 0.3) is 0 Å². The Bertz CT molecular complexity index is 911. The van der Waals surface area contributed by atoms with E-state index >= 15 is 0 Å². The molecule has 0 bridgehead atoms. The van der Waals surface area contributed by atoms with Crippen molar-refractivity contribution in [2.45, 2.75) is 44.7 Å². The molecule has 0 aromatic heterocycles. The number of nitrogens with one attached hydrogen (secondary N) is 2. The molecule has 0 heterocycles. The lowest BCUT2D eigenvalue weighted by Crippen LogP contribution is -2.31. The predicted molar refractivity (Wildman–Crippen MR) is 104 cm³/mol. The maximum atomic E-state index is 12.7. The highest BCUT2D eigenvalue weighted by Gasteiger charge is 2.20. The molecule has 0 saturated heterocycles. The van der Waals surface area contributed by atoms with Gasteiger partial charge in [-0.2, -0.15) is 0 Å². The van der Waals surface area contributed by atoms with Crippen LogP contribution in [0.3, 0.4) is 0 Å². The van der Waals surface area contributed by atoms with Crippen molar-refractivity contribution in [3.8, 4) is 0 Å². The normalized spacial score (nSPS) is 12.8. The fraction of sp³-hybridized carbons (Fsp3) is 0.316. The summed E-state index contributed by atoms with van der Waals surface area (Å²) in [5.74, 6) is -0.337. The monoisotopic (exact) mass is 394 g/mol. The van der Waals surface area contributed by atoms with Crippen molar-refractivity contribution in [3.05, 3.63) is 64.2 Å². The maximum Gasteiger partial charge on any atom is 0.252 e. The summed E-state index contributed by atoms with van der Waals surface area (Å²) in [7, 11) is -3.67. The summed E-state index contributed by atoms with van der Waals surface area (Å²) >= 11 is 5.99. The Morgan fingerprint density at radius 1 is 1.08 bits per heavy atom. The summed E-state index contributed by atoms with van der Waals surface area (Å²) in [5.41, 5.74) is 1.89. The van der Waals surface area contributed by atoms with Gasteiger partial charge in [0.1, 0.15) is 0 Å². The molecule has 0 aliphatic carbocycles. The number of sulfonamides is 1. The van der Waals surface area contributed by atoms with Crippen molar-refractivity contribution in [2.75, 3.05) is 0 Å². The molecule has 0 saturated carbocycles. The van der Waals surface area contributed by atoms with Gasteiger partial charge in [-0.3, -0.25) is 4.79 Å². The zero-order valence-electron chi connectivity index (χ0n) is 15.2. The van der Waals surface area contributed by atoms with Crippen LogP contribution in [0.15, 0.2) is 47.4 Å². The van der Waals surface area contributed by atoms with Gasteiger partial charge in [0.05, 0.1) is 10.9 Å². The lowest BCUT2D eigenvalue weighted by molar-refractivity contribution is 0.0939. The zero-order chi connectivity index (χ0) is 19.5. The first kappa shape index (κ1) is 20.4. The van der Waals surface area contributed by atoms with Crippen LogP contribution in [-0.2, 0) is 10.0 Å². The zero-order valence-corrected chi connectivity index (χ0v) is 16.8. The van der Waals surface area contributed by atoms with Crippen LogP contribution >= 0.6 is 11.6 Å². The molecule has 0 fully saturated rings. The molecule has 1 atom stereocenters. The molecule has 0 spiro atoms. The number of halogens is 1. The molecule has 0 radical (unpaired) electrons. The summed E-state index contributed by atoms with van der Waals surface area (Å²) in [6.45, 7) is 7.10. The summed E-state index contributed by atoms with van der Waals surface area (Å²) in [6.07, 6.45) is 0. The molecule has 1 amide bonds. The Labute approximate surface area is 159 Å². The third kappa shape index (κ3) is 5.06. The number of benzene rings is 2. The molecule has 5 nitrogen and oxygen atoms in total. The van der Waals surface area contributed by atoms with Crippen molar-refractivity contribution in [1.82, 2.24) is 10.0 Å². The number of rotatable bonds is 6. The highest BCUT2D eigenvalue weighted by Crippen LogP contribution is 2.20. The molecular weight excluding hydrogens is 372 g/mol. The lowest BCUT2D eigenvalue weighted by Gasteiger charge is -2.17. The van der Waals surface area contributed by atoms with E-state index in [2.05, 4.69) is 10.0 Å². The predicted octanol–water partition coefficient (Wildman–Crippen LogP) is 3.83. The minimum Gasteiger partial charge on any atom is -0.346 e. The second-order valence-electron chi connectivity index (χ2n) is 6.50. The number of carbonyl (C=O) groups is 1. The first-order valence-corrected chi connectivity index (χ1v) is 10.2. The minimum atomic E-state index is -3.67. The van der Waals surface area contributed by atoms with E-state index in [0.717, 1.165) is 5.56 Å². The van der Waals surface area contributed by atoms with Gasteiger partial charge in [0.15, 0.2) is 0 Å². The van der Waals surface area contributed by atoms with Crippen LogP contribution in [0.5, 0.6) is 0 Å². The SMILES string of the molecule is Cc1ccc(S(=O)(=O)NC(C)C)cc1C(=O)NC(C)c1cccc(Cl)c1. The first-order chi connectivity index (χ1) is 12.1. The molecule has 1 unspecified atom stereocenters. The fourth-order valence-electron chi connectivity index (χ4n) is 2.52. The molecular formula is C19H23ClN2O3S. The molecule has 2 aromatic carbocycles. The lowest BCUT2D eigenvalue weighted by atomic mass is 10.1. The molecule has 2 aromatic rings. The van der Waals surface area contributed by atoms with Crippen molar-refractivity contribution in [3.63, 3.8) is 0 Å². The number of aryl methyl sites for hydroxylation is 1. The van der Waals surface area contributed by atoms with Gasteiger partial charge in [-0.15, -0.1) is 0 Å². The van der Waals surface area contributed by atoms with Crippen LogP contribution < -0.4 is 10.0 Å². The number of carbonyl (C=O) groups excluding carboxylic acids is 1. The largest absolute Gasteiger partial charge is 0.346 e. The standard InChI is InChI=1S/C19H23ClN2O3S/c1-12(2)22-26(24,25)17-9-8-13(3)18(11-17)19(23)21-14(4)15-6-5-7-16(20)10-15/h5-12,14,22H,1-4H3,(H,21,23). The Morgan fingerprint density at radius 2 is 1.77 bits per heavy atom. The first-order valence-electron chi connectivity index (χ1n) is 8.29. The number of amides is 1. The maximum absolute atomic E-state index is 12.7. The van der Waals surface area contributed by atoms with Crippen molar-refractivity contribution >= 4 is 27.5 Å². The van der Waals surface area contributed by atoms with E-state index < -0.39 is 10.0 Å². The van der Waals surface area contributed by atoms with Gasteiger partial charge in [0.2, 0.25) is 10.0 Å². The molecule has 7 heteroatoms. The van der Waals surface area contributed by atoms with E-state index in [0.29, 0.717) is 16.1 Å². The second kappa shape index (κ2) is 8.20. The van der Waals surface area contributed by atoms with Crippen LogP contribution in [-0.4, -0.2) is 20.4 Å². The van der Waals surface area contributed by atoms with E-state index in [1.165, 1.54) is 12.1 Å². The van der Waals surface area contributed by atoms with E-state index in [1.54, 1.807) is 39.0 Å². The summed E-state index contributed by atoms with van der Waals surface area (Å²) < 4.78 is 27.2. The van der Waals surface area contributed by atoms with Crippen molar-refractivity contribution in [2.24, 2.45) is 0 Å². The Hall–Kier alpha value is -1.89. The number of hydrogen-bond acceptors (Lipinski definition) is 3. The molecule has 0 aliphatic heterocycles. The Kier molecular flexibility index (Phi) is 6.44. The van der Waals surface area contributed by atoms with Gasteiger partial charge >= 0.3 is 0 Å². The van der Waals surface area contributed by atoms with Gasteiger partial charge in [-0.1, -0.05) is 29.8 Å². The van der Waals surface area contributed by atoms with E-state index in [1.807, 2.05) is 19.1 Å². The highest BCUT2D eigenvalue weighted by molar-refractivity contribution is 7.89. The molecule has 0 aliphatic rings. The van der Waals surface area contributed by atoms with Crippen LogP contribution in [0.2, 0.25) is 5.02 Å². The quantitative estimate of drug-likeness (QED) is 0.781. The topological polar surface area (TPSA) is 75.3 Å². The number of hydrogen-bond donors (Lipinski definition) is 2. The van der Waals surface area contributed by atoms with E-state index in [9.17, 15) is 13.2 Å². The van der Waals surface area contributed by atoms with Crippen LogP contribution in [0.4, 0.5) is 0 Å². The van der Waals surface area contributed by atoms with Gasteiger partial charge < -0.3 is 5.32 Å². The molecule has 26 heavy (non-hydrogen) atoms. The van der Waals surface area contributed by atoms with Crippen LogP contribution in [0.1, 0.15) is 48.3 Å². The third-order valence-corrected chi connectivity index (χ3v) is 5.74. The summed E-state index contributed by atoms with van der Waals surface area (Å²) in [4.78, 5) is 12.7. The smallest absolute Gasteiger partial charge is 0.252 e. The molecule has 140 valence electrons. The van der Waals surface area contributed by atoms with Gasteiger partial charge in [-0.05, 0) is 63.1 Å². The van der Waals surface area contributed by atoms with Crippen molar-refractivity contribution < 1.29 is 13.2 Å². The van der Waals surface area contributed by atoms with Gasteiger partial charge in [0, 0.05) is 16.6 Å². The summed E-state index contributed by atoms with van der Waals surface area (Å²) in [5, 5.41) is 3.48. The Morgan fingerprint density at radius 3 is 2.38 bits per heavy atom. The van der Waals surface area contributed by atoms with E-state index in [4.69, 9.17) is 11.6 Å². The second-order valence-corrected chi connectivity index (χ2v) is 8.65. The average Bonchev–Trinajstić information content (AvgIpc) is 2.53. The van der Waals surface area contributed by atoms with Gasteiger partial charge in [0.25, 0.3) is 5.91 Å². The average molecular weight is 395 g/mol. The van der Waals surface area contributed by atoms with E-state index in [-0.39, 0.29) is 22.9 Å². The summed E-state index contributed by atoms with van der Waals surface area (Å²) in [6, 6.07) is 11.3. The highest BCUT2D eigenvalue weighted by atomic mass is 35.5. The molecule has 2 rings (SSSR count). The van der Waals surface area contributed by atoms with Crippen molar-refractivity contribution in [1.29, 1.82) is 0 Å². The third-order valence-electron chi connectivity index (χ3n) is 3.85. The minimum absolute atomic E-state index is 0.0670.